The molecule has 0 aromatic carbocycles. The minimum absolute atomic E-state index is 0.0806. The van der Waals surface area contributed by atoms with Crippen molar-refractivity contribution in [1.82, 2.24) is 24.9 Å². The normalized spacial score (nSPS) is 10.6. The van der Waals surface area contributed by atoms with E-state index in [0.29, 0.717) is 13.1 Å². The SMILES string of the molecule is O=C(CCn1nccc1C(=O)O)NCCCn1cc(Br)cn1. The van der Waals surface area contributed by atoms with Crippen LogP contribution in [0.4, 0.5) is 0 Å². The number of halogens is 1. The van der Waals surface area contributed by atoms with Gasteiger partial charge in [-0.1, -0.05) is 0 Å². The number of nitrogens with one attached hydrogen (secondary N) is 1. The highest BCUT2D eigenvalue weighted by Crippen LogP contribution is 2.06. The quantitative estimate of drug-likeness (QED) is 0.679. The molecule has 0 spiro atoms. The second kappa shape index (κ2) is 7.74. The van der Waals surface area contributed by atoms with E-state index in [-0.39, 0.29) is 24.6 Å². The first-order valence-corrected chi connectivity index (χ1v) is 7.55. The van der Waals surface area contributed by atoms with Crippen molar-refractivity contribution in [2.75, 3.05) is 6.54 Å². The van der Waals surface area contributed by atoms with Crippen LogP contribution in [0.5, 0.6) is 0 Å². The third kappa shape index (κ3) is 4.69. The monoisotopic (exact) mass is 369 g/mol. The standard InChI is InChI=1S/C13H16BrN5O3/c14-10-8-17-18(9-10)6-1-4-15-12(20)3-7-19-11(13(21)22)2-5-16-19/h2,5,8-9H,1,3-4,6-7H2,(H,15,20)(H,21,22). The molecule has 0 aliphatic carbocycles. The second-order valence-electron chi connectivity index (χ2n) is 4.62. The second-order valence-corrected chi connectivity index (χ2v) is 5.54. The summed E-state index contributed by atoms with van der Waals surface area (Å²) in [5.74, 6) is -1.18. The average Bonchev–Trinajstić information content (AvgIpc) is 3.10. The summed E-state index contributed by atoms with van der Waals surface area (Å²) in [6.45, 7) is 1.50. The van der Waals surface area contributed by atoms with Gasteiger partial charge in [-0.3, -0.25) is 14.2 Å². The summed E-state index contributed by atoms with van der Waals surface area (Å²) in [6.07, 6.45) is 5.94. The first-order chi connectivity index (χ1) is 10.6. The number of amides is 1. The molecule has 9 heteroatoms. The van der Waals surface area contributed by atoms with Gasteiger partial charge in [-0.05, 0) is 28.4 Å². The van der Waals surface area contributed by atoms with Crippen molar-refractivity contribution in [3.8, 4) is 0 Å². The molecule has 8 nitrogen and oxygen atoms in total. The number of aryl methyl sites for hydroxylation is 2. The van der Waals surface area contributed by atoms with E-state index in [1.807, 2.05) is 6.20 Å². The van der Waals surface area contributed by atoms with E-state index in [1.54, 1.807) is 10.9 Å². The molecular weight excluding hydrogens is 354 g/mol. The molecule has 2 aromatic heterocycles. The summed E-state index contributed by atoms with van der Waals surface area (Å²) in [6, 6.07) is 1.41. The van der Waals surface area contributed by atoms with Gasteiger partial charge in [0.15, 0.2) is 0 Å². The Hall–Kier alpha value is -2.16. The Morgan fingerprint density at radius 2 is 2.14 bits per heavy atom. The summed E-state index contributed by atoms with van der Waals surface area (Å²) in [7, 11) is 0. The van der Waals surface area contributed by atoms with Gasteiger partial charge in [0.2, 0.25) is 5.91 Å². The summed E-state index contributed by atoms with van der Waals surface area (Å²) >= 11 is 3.32. The van der Waals surface area contributed by atoms with Crippen molar-refractivity contribution in [2.24, 2.45) is 0 Å². The maximum Gasteiger partial charge on any atom is 0.354 e. The Kier molecular flexibility index (Phi) is 5.70. The van der Waals surface area contributed by atoms with Crippen molar-refractivity contribution in [3.63, 3.8) is 0 Å². The largest absolute Gasteiger partial charge is 0.477 e. The highest BCUT2D eigenvalue weighted by Gasteiger charge is 2.11. The third-order valence-corrected chi connectivity index (χ3v) is 3.38. The van der Waals surface area contributed by atoms with E-state index in [4.69, 9.17) is 5.11 Å². The van der Waals surface area contributed by atoms with E-state index < -0.39 is 5.97 Å². The molecule has 0 atom stereocenters. The van der Waals surface area contributed by atoms with E-state index in [1.165, 1.54) is 16.9 Å². The van der Waals surface area contributed by atoms with Crippen LogP contribution in [-0.2, 0) is 17.9 Å². The maximum absolute atomic E-state index is 11.7. The van der Waals surface area contributed by atoms with Crippen LogP contribution in [0.2, 0.25) is 0 Å². The molecule has 0 bridgehead atoms. The lowest BCUT2D eigenvalue weighted by molar-refractivity contribution is -0.121. The first-order valence-electron chi connectivity index (χ1n) is 6.76. The van der Waals surface area contributed by atoms with Crippen LogP contribution in [0.15, 0.2) is 29.1 Å². The molecule has 0 aliphatic heterocycles. The average molecular weight is 370 g/mol. The predicted octanol–water partition coefficient (Wildman–Crippen LogP) is 1.14. The van der Waals surface area contributed by atoms with Crippen molar-refractivity contribution in [2.45, 2.75) is 25.9 Å². The van der Waals surface area contributed by atoms with Crippen molar-refractivity contribution in [1.29, 1.82) is 0 Å². The van der Waals surface area contributed by atoms with Crippen molar-refractivity contribution in [3.05, 3.63) is 34.8 Å². The number of aromatic nitrogens is 4. The number of hydrogen-bond acceptors (Lipinski definition) is 4. The summed E-state index contributed by atoms with van der Waals surface area (Å²) < 4.78 is 4.02. The number of hydrogen-bond donors (Lipinski definition) is 2. The van der Waals surface area contributed by atoms with Crippen LogP contribution in [0.1, 0.15) is 23.3 Å². The predicted molar refractivity (Wildman–Crippen MR) is 81.4 cm³/mol. The number of nitrogens with zero attached hydrogens (tertiary/aromatic N) is 4. The van der Waals surface area contributed by atoms with E-state index in [2.05, 4.69) is 31.4 Å². The molecule has 0 radical (unpaired) electrons. The number of carbonyl (C=O) groups is 2. The molecule has 2 N–H and O–H groups in total. The molecule has 2 rings (SSSR count). The minimum atomic E-state index is -1.05. The van der Waals surface area contributed by atoms with Crippen LogP contribution in [0, 0.1) is 0 Å². The van der Waals surface area contributed by atoms with Crippen LogP contribution in [-0.4, -0.2) is 43.1 Å². The fourth-order valence-corrected chi connectivity index (χ4v) is 2.25. The fraction of sp³-hybridized carbons (Fsp3) is 0.385. The Bertz CT molecular complexity index is 652. The summed E-state index contributed by atoms with van der Waals surface area (Å²) in [4.78, 5) is 22.6. The lowest BCUT2D eigenvalue weighted by atomic mass is 10.3. The first kappa shape index (κ1) is 16.2. The molecule has 2 heterocycles. The van der Waals surface area contributed by atoms with Gasteiger partial charge < -0.3 is 10.4 Å². The van der Waals surface area contributed by atoms with Crippen molar-refractivity contribution >= 4 is 27.8 Å². The Morgan fingerprint density at radius 3 is 2.82 bits per heavy atom. The van der Waals surface area contributed by atoms with Crippen molar-refractivity contribution < 1.29 is 14.7 Å². The van der Waals surface area contributed by atoms with E-state index in [0.717, 1.165) is 10.9 Å². The van der Waals surface area contributed by atoms with Gasteiger partial charge in [0.05, 0.1) is 17.2 Å². The molecule has 0 unspecified atom stereocenters. The van der Waals surface area contributed by atoms with Gasteiger partial charge in [-0.25, -0.2) is 4.79 Å². The van der Waals surface area contributed by atoms with Gasteiger partial charge in [-0.15, -0.1) is 0 Å². The molecule has 0 saturated heterocycles. The molecule has 0 saturated carbocycles. The van der Waals surface area contributed by atoms with Gasteiger partial charge >= 0.3 is 5.97 Å². The Morgan fingerprint density at radius 1 is 1.32 bits per heavy atom. The molecule has 0 fully saturated rings. The highest BCUT2D eigenvalue weighted by molar-refractivity contribution is 9.10. The zero-order chi connectivity index (χ0) is 15.9. The van der Waals surface area contributed by atoms with Gasteiger partial charge in [-0.2, -0.15) is 10.2 Å². The van der Waals surface area contributed by atoms with Gasteiger partial charge in [0, 0.05) is 31.9 Å². The van der Waals surface area contributed by atoms with Gasteiger partial charge in [0.25, 0.3) is 0 Å². The number of carbonyl (C=O) groups excluding carboxylic acids is 1. The molecular formula is C13H16BrN5O3. The number of aromatic carboxylic acids is 1. The topological polar surface area (TPSA) is 102 Å². The van der Waals surface area contributed by atoms with E-state index in [9.17, 15) is 9.59 Å². The molecule has 118 valence electrons. The number of carboxylic acid groups (broad SMARTS) is 1. The highest BCUT2D eigenvalue weighted by atomic mass is 79.9. The number of carboxylic acids is 1. The van der Waals surface area contributed by atoms with E-state index >= 15 is 0 Å². The molecule has 22 heavy (non-hydrogen) atoms. The molecule has 1 amide bonds. The third-order valence-electron chi connectivity index (χ3n) is 2.97. The Balaban J connectivity index is 1.65. The number of rotatable bonds is 8. The smallest absolute Gasteiger partial charge is 0.354 e. The van der Waals surface area contributed by atoms with Crippen LogP contribution < -0.4 is 5.32 Å². The zero-order valence-corrected chi connectivity index (χ0v) is 13.4. The van der Waals surface area contributed by atoms with Crippen LogP contribution >= 0.6 is 15.9 Å². The Labute approximate surface area is 135 Å². The van der Waals surface area contributed by atoms with Gasteiger partial charge in [0.1, 0.15) is 5.69 Å². The zero-order valence-electron chi connectivity index (χ0n) is 11.8. The lowest BCUT2D eigenvalue weighted by Crippen LogP contribution is -2.26. The minimum Gasteiger partial charge on any atom is -0.477 e. The van der Waals surface area contributed by atoms with Crippen LogP contribution in [0.3, 0.4) is 0 Å². The summed E-state index contributed by atoms with van der Waals surface area (Å²) in [5.41, 5.74) is 0.0806. The maximum atomic E-state index is 11.7. The molecule has 0 aliphatic rings. The summed E-state index contributed by atoms with van der Waals surface area (Å²) in [5, 5.41) is 19.7. The fourth-order valence-electron chi connectivity index (χ4n) is 1.92. The lowest BCUT2D eigenvalue weighted by Gasteiger charge is -2.07. The van der Waals surface area contributed by atoms with Crippen LogP contribution in [0.25, 0.3) is 0 Å². The molecule has 2 aromatic rings.